The highest BCUT2D eigenvalue weighted by atomic mass is 32.2. The summed E-state index contributed by atoms with van der Waals surface area (Å²) in [7, 11) is -5.53. The first-order chi connectivity index (χ1) is 14.0. The molecule has 1 aliphatic rings. The predicted octanol–water partition coefficient (Wildman–Crippen LogP) is 0.734. The molecule has 1 atom stereocenters. The van der Waals surface area contributed by atoms with Crippen molar-refractivity contribution in [1.82, 2.24) is 14.7 Å². The van der Waals surface area contributed by atoms with Crippen molar-refractivity contribution >= 4 is 31.8 Å². The van der Waals surface area contributed by atoms with E-state index in [0.717, 1.165) is 0 Å². The molecule has 0 bridgehead atoms. The number of urea groups is 1. The lowest BCUT2D eigenvalue weighted by atomic mass is 10.0. The third-order valence-corrected chi connectivity index (χ3v) is 8.80. The number of fused-ring (bicyclic) bond motifs is 1. The van der Waals surface area contributed by atoms with Crippen molar-refractivity contribution in [3.63, 3.8) is 0 Å². The molecule has 0 spiro atoms. The molecule has 0 radical (unpaired) electrons. The van der Waals surface area contributed by atoms with Crippen LogP contribution in [0.25, 0.3) is 0 Å². The van der Waals surface area contributed by atoms with E-state index >= 15 is 0 Å². The second kappa shape index (κ2) is 7.72. The molecule has 30 heavy (non-hydrogen) atoms. The first-order valence-electron chi connectivity index (χ1n) is 8.61. The van der Waals surface area contributed by atoms with Gasteiger partial charge in [0, 0.05) is 0 Å². The van der Waals surface area contributed by atoms with Crippen LogP contribution in [0, 0.1) is 0 Å². The number of sulfonamides is 1. The number of rotatable bonds is 6. The Morgan fingerprint density at radius 3 is 2.33 bits per heavy atom. The van der Waals surface area contributed by atoms with E-state index < -0.39 is 36.4 Å². The second-order valence-electron chi connectivity index (χ2n) is 6.83. The molecule has 2 N–H and O–H groups in total. The molecule has 2 heterocycles. The minimum absolute atomic E-state index is 0.0181. The maximum absolute atomic E-state index is 12.9. The Morgan fingerprint density at radius 1 is 1.17 bits per heavy atom. The molecule has 0 fully saturated rings. The standard InChI is InChI=1S/C17H20N4O7S2/c1-17(9-11-6-4-5-7-12(11)30(17,25)26)10-29(23,24)21-16(22)20-15-18-13(27-2)8-14(19-15)28-3/h4-8H,9-10H2,1-3H3,(H2,18,19,20,21,22). The van der Waals surface area contributed by atoms with Crippen LogP contribution in [-0.4, -0.2) is 57.6 Å². The van der Waals surface area contributed by atoms with Gasteiger partial charge in [0.1, 0.15) is 0 Å². The number of hydrogen-bond donors (Lipinski definition) is 2. The lowest BCUT2D eigenvalue weighted by Gasteiger charge is -2.22. The molecule has 1 aliphatic heterocycles. The molecule has 0 saturated carbocycles. The number of amides is 2. The first-order valence-corrected chi connectivity index (χ1v) is 11.7. The summed E-state index contributed by atoms with van der Waals surface area (Å²) in [5.74, 6) is -0.886. The van der Waals surface area contributed by atoms with Crippen molar-refractivity contribution in [2.75, 3.05) is 25.3 Å². The molecule has 3 rings (SSSR count). The van der Waals surface area contributed by atoms with Gasteiger partial charge in [-0.2, -0.15) is 9.97 Å². The van der Waals surface area contributed by atoms with Gasteiger partial charge >= 0.3 is 6.03 Å². The fraction of sp³-hybridized carbons (Fsp3) is 0.353. The number of benzene rings is 1. The van der Waals surface area contributed by atoms with Gasteiger partial charge in [0.2, 0.25) is 27.7 Å². The summed E-state index contributed by atoms with van der Waals surface area (Å²) in [6, 6.07) is 6.55. The highest BCUT2D eigenvalue weighted by molar-refractivity contribution is 7.96. The van der Waals surface area contributed by atoms with Crippen LogP contribution in [0.1, 0.15) is 12.5 Å². The van der Waals surface area contributed by atoms with Gasteiger partial charge < -0.3 is 9.47 Å². The summed E-state index contributed by atoms with van der Waals surface area (Å²) in [6.45, 7) is 1.34. The second-order valence-corrected chi connectivity index (χ2v) is 11.0. The van der Waals surface area contributed by atoms with Gasteiger partial charge in [-0.1, -0.05) is 18.2 Å². The van der Waals surface area contributed by atoms with Crippen LogP contribution in [0.4, 0.5) is 10.7 Å². The Balaban J connectivity index is 1.75. The monoisotopic (exact) mass is 456 g/mol. The maximum atomic E-state index is 12.9. The largest absolute Gasteiger partial charge is 0.481 e. The number of hydrogen-bond acceptors (Lipinski definition) is 9. The lowest BCUT2D eigenvalue weighted by Crippen LogP contribution is -2.46. The van der Waals surface area contributed by atoms with Gasteiger partial charge in [0.25, 0.3) is 0 Å². The third kappa shape index (κ3) is 4.16. The van der Waals surface area contributed by atoms with Crippen LogP contribution in [0.3, 0.4) is 0 Å². The Hall–Kier alpha value is -2.93. The molecule has 13 heteroatoms. The molecule has 1 aromatic carbocycles. The minimum Gasteiger partial charge on any atom is -0.481 e. The quantitative estimate of drug-likeness (QED) is 0.640. The lowest BCUT2D eigenvalue weighted by molar-refractivity contribution is 0.256. The van der Waals surface area contributed by atoms with E-state index in [0.29, 0.717) is 5.56 Å². The molecule has 162 valence electrons. The summed E-state index contributed by atoms with van der Waals surface area (Å²) >= 11 is 0. The maximum Gasteiger partial charge on any atom is 0.335 e. The zero-order valence-corrected chi connectivity index (χ0v) is 18.0. The van der Waals surface area contributed by atoms with E-state index in [2.05, 4.69) is 15.3 Å². The van der Waals surface area contributed by atoms with Crippen LogP contribution >= 0.6 is 0 Å². The smallest absolute Gasteiger partial charge is 0.335 e. The molecule has 0 aliphatic carbocycles. The average molecular weight is 457 g/mol. The Bertz CT molecular complexity index is 1180. The molecule has 2 amide bonds. The number of carbonyl (C=O) groups excluding carboxylic acids is 1. The number of anilines is 1. The zero-order chi connectivity index (χ0) is 22.2. The van der Waals surface area contributed by atoms with Crippen molar-refractivity contribution in [3.8, 4) is 11.8 Å². The minimum atomic E-state index is -4.32. The number of sulfone groups is 1. The molecule has 2 aromatic rings. The van der Waals surface area contributed by atoms with Gasteiger partial charge in [-0.15, -0.1) is 0 Å². The van der Waals surface area contributed by atoms with E-state index in [4.69, 9.17) is 9.47 Å². The van der Waals surface area contributed by atoms with Gasteiger partial charge in [0.05, 0.1) is 35.7 Å². The molecule has 0 saturated heterocycles. The Labute approximate surface area is 173 Å². The number of methoxy groups -OCH3 is 2. The van der Waals surface area contributed by atoms with Crippen LogP contribution < -0.4 is 19.5 Å². The highest BCUT2D eigenvalue weighted by Gasteiger charge is 2.50. The topological polar surface area (TPSA) is 154 Å². The molecular formula is C17H20N4O7S2. The molecule has 11 nitrogen and oxygen atoms in total. The summed E-state index contributed by atoms with van der Waals surface area (Å²) in [4.78, 5) is 20.0. The molecule has 1 unspecified atom stereocenters. The fourth-order valence-electron chi connectivity index (χ4n) is 3.18. The van der Waals surface area contributed by atoms with Crippen molar-refractivity contribution in [3.05, 3.63) is 35.9 Å². The highest BCUT2D eigenvalue weighted by Crippen LogP contribution is 2.39. The normalized spacial score (nSPS) is 19.6. The number of nitrogens with zero attached hydrogens (tertiary/aromatic N) is 2. The number of nitrogens with one attached hydrogen (secondary N) is 2. The van der Waals surface area contributed by atoms with Gasteiger partial charge in [-0.05, 0) is 25.0 Å². The van der Waals surface area contributed by atoms with Gasteiger partial charge in [0.15, 0.2) is 9.84 Å². The van der Waals surface area contributed by atoms with Crippen molar-refractivity contribution in [1.29, 1.82) is 0 Å². The summed E-state index contributed by atoms with van der Waals surface area (Å²) in [5, 5.41) is 2.16. The molecular weight excluding hydrogens is 436 g/mol. The summed E-state index contributed by atoms with van der Waals surface area (Å²) < 4.78 is 60.9. The number of aromatic nitrogens is 2. The SMILES string of the molecule is COc1cc(OC)nc(NC(=O)NS(=O)(=O)CC2(C)Cc3ccccc3S2(=O)=O)n1. The third-order valence-electron chi connectivity index (χ3n) is 4.54. The van der Waals surface area contributed by atoms with Crippen LogP contribution in [0.2, 0.25) is 0 Å². The number of carbonyl (C=O) groups is 1. The number of ether oxygens (including phenoxy) is 2. The van der Waals surface area contributed by atoms with Crippen LogP contribution in [0.5, 0.6) is 11.8 Å². The van der Waals surface area contributed by atoms with Crippen molar-refractivity contribution < 1.29 is 31.1 Å². The van der Waals surface area contributed by atoms with Crippen molar-refractivity contribution in [2.45, 2.75) is 23.0 Å². The van der Waals surface area contributed by atoms with E-state index in [1.807, 2.05) is 0 Å². The molecule has 1 aromatic heterocycles. The predicted molar refractivity (Wildman–Crippen MR) is 107 cm³/mol. The Morgan fingerprint density at radius 2 is 1.77 bits per heavy atom. The van der Waals surface area contributed by atoms with E-state index in [9.17, 15) is 21.6 Å². The first kappa shape index (κ1) is 21.8. The van der Waals surface area contributed by atoms with Gasteiger partial charge in [-0.25, -0.2) is 26.4 Å². The van der Waals surface area contributed by atoms with E-state index in [1.54, 1.807) is 22.9 Å². The Kier molecular flexibility index (Phi) is 5.60. The zero-order valence-electron chi connectivity index (χ0n) is 16.4. The average Bonchev–Trinajstić information content (AvgIpc) is 2.85. The summed E-state index contributed by atoms with van der Waals surface area (Å²) in [6.07, 6.45) is 0.0181. The van der Waals surface area contributed by atoms with Crippen molar-refractivity contribution in [2.24, 2.45) is 0 Å². The van der Waals surface area contributed by atoms with Crippen LogP contribution in [0.15, 0.2) is 35.2 Å². The van der Waals surface area contributed by atoms with E-state index in [1.165, 1.54) is 33.3 Å². The van der Waals surface area contributed by atoms with Crippen LogP contribution in [-0.2, 0) is 26.3 Å². The fourth-order valence-corrected chi connectivity index (χ4v) is 7.20. The summed E-state index contributed by atoms with van der Waals surface area (Å²) in [5.41, 5.74) is 0.538. The van der Waals surface area contributed by atoms with Gasteiger partial charge in [-0.3, -0.25) is 5.32 Å². The van der Waals surface area contributed by atoms with E-state index in [-0.39, 0.29) is 29.0 Å².